The number of benzene rings is 1. The largest absolute Gasteiger partial charge is 0.496 e. The number of carbonyl (C=O) groups is 1. The number of halogens is 1. The first-order valence-corrected chi connectivity index (χ1v) is 5.67. The molecule has 0 radical (unpaired) electrons. The van der Waals surface area contributed by atoms with Crippen molar-refractivity contribution in [3.05, 3.63) is 29.6 Å². The number of ether oxygens (including phenoxy) is 1. The minimum absolute atomic E-state index is 0.0792. The molecule has 100 valence electrons. The highest BCUT2D eigenvalue weighted by Gasteiger charge is 2.16. The van der Waals surface area contributed by atoms with E-state index in [4.69, 9.17) is 4.74 Å². The number of carbonyl (C=O) groups excluding carboxylic acids is 1. The number of hydrogen-bond donors (Lipinski definition) is 1. The Morgan fingerprint density at radius 3 is 2.72 bits per heavy atom. The van der Waals surface area contributed by atoms with Crippen molar-refractivity contribution < 1.29 is 19.0 Å². The quantitative estimate of drug-likeness (QED) is 0.871. The Hall–Kier alpha value is -1.62. The smallest absolute Gasteiger partial charge is 0.222 e. The van der Waals surface area contributed by atoms with Crippen LogP contribution in [0.1, 0.15) is 24.5 Å². The van der Waals surface area contributed by atoms with Crippen LogP contribution in [0.25, 0.3) is 0 Å². The summed E-state index contributed by atoms with van der Waals surface area (Å²) >= 11 is 0. The molecule has 1 atom stereocenters. The number of aliphatic hydroxyl groups excluding tert-OH is 1. The summed E-state index contributed by atoms with van der Waals surface area (Å²) < 4.78 is 18.2. The zero-order valence-electron chi connectivity index (χ0n) is 10.8. The molecule has 1 amide bonds. The van der Waals surface area contributed by atoms with Crippen molar-refractivity contribution in [2.75, 3.05) is 21.2 Å². The number of rotatable bonds is 5. The van der Waals surface area contributed by atoms with E-state index in [0.29, 0.717) is 11.3 Å². The molecule has 0 aliphatic rings. The van der Waals surface area contributed by atoms with E-state index in [1.54, 1.807) is 14.1 Å². The summed E-state index contributed by atoms with van der Waals surface area (Å²) in [6, 6.07) is 3.95. The molecule has 1 aromatic carbocycles. The van der Waals surface area contributed by atoms with Gasteiger partial charge in [-0.05, 0) is 24.6 Å². The maximum absolute atomic E-state index is 13.1. The van der Waals surface area contributed by atoms with E-state index in [1.807, 2.05) is 0 Å². The summed E-state index contributed by atoms with van der Waals surface area (Å²) in [6.45, 7) is 0. The summed E-state index contributed by atoms with van der Waals surface area (Å²) in [5.41, 5.74) is 0.365. The van der Waals surface area contributed by atoms with Crippen molar-refractivity contribution in [1.29, 1.82) is 0 Å². The highest BCUT2D eigenvalue weighted by Crippen LogP contribution is 2.28. The molecule has 0 bridgehead atoms. The van der Waals surface area contributed by atoms with Crippen LogP contribution >= 0.6 is 0 Å². The molecular formula is C13H18FNO3. The number of hydrogen-bond acceptors (Lipinski definition) is 3. The zero-order valence-corrected chi connectivity index (χ0v) is 10.8. The highest BCUT2D eigenvalue weighted by molar-refractivity contribution is 5.75. The van der Waals surface area contributed by atoms with Gasteiger partial charge in [-0.25, -0.2) is 4.39 Å². The predicted octanol–water partition coefficient (Wildman–Crippen LogP) is 1.74. The van der Waals surface area contributed by atoms with E-state index in [0.717, 1.165) is 0 Å². The molecule has 0 spiro atoms. The topological polar surface area (TPSA) is 49.8 Å². The minimum Gasteiger partial charge on any atom is -0.496 e. The lowest BCUT2D eigenvalue weighted by Crippen LogP contribution is -2.21. The molecule has 0 aliphatic heterocycles. The van der Waals surface area contributed by atoms with Crippen LogP contribution in [-0.2, 0) is 4.79 Å². The Morgan fingerprint density at radius 1 is 1.50 bits per heavy atom. The molecule has 0 saturated carbocycles. The van der Waals surface area contributed by atoms with Gasteiger partial charge in [0.15, 0.2) is 0 Å². The lowest BCUT2D eigenvalue weighted by Gasteiger charge is -2.16. The molecule has 1 unspecified atom stereocenters. The van der Waals surface area contributed by atoms with E-state index in [9.17, 15) is 14.3 Å². The Kier molecular flexibility index (Phi) is 5.09. The van der Waals surface area contributed by atoms with Gasteiger partial charge >= 0.3 is 0 Å². The Bertz CT molecular complexity index is 421. The molecule has 1 N–H and O–H groups in total. The van der Waals surface area contributed by atoms with Crippen LogP contribution in [0.4, 0.5) is 4.39 Å². The van der Waals surface area contributed by atoms with Crippen LogP contribution in [0.2, 0.25) is 0 Å². The predicted molar refractivity (Wildman–Crippen MR) is 65.8 cm³/mol. The van der Waals surface area contributed by atoms with Crippen molar-refractivity contribution in [3.63, 3.8) is 0 Å². The highest BCUT2D eigenvalue weighted by atomic mass is 19.1. The van der Waals surface area contributed by atoms with Crippen LogP contribution < -0.4 is 4.74 Å². The summed E-state index contributed by atoms with van der Waals surface area (Å²) in [5.74, 6) is -0.102. The van der Waals surface area contributed by atoms with Gasteiger partial charge in [0.05, 0.1) is 13.2 Å². The van der Waals surface area contributed by atoms with Gasteiger partial charge in [-0.2, -0.15) is 0 Å². The Balaban J connectivity index is 2.74. The maximum Gasteiger partial charge on any atom is 0.222 e. The molecule has 0 heterocycles. The first-order valence-electron chi connectivity index (χ1n) is 5.67. The van der Waals surface area contributed by atoms with Gasteiger partial charge in [0.1, 0.15) is 11.6 Å². The second kappa shape index (κ2) is 6.35. The zero-order chi connectivity index (χ0) is 13.7. The molecular weight excluding hydrogens is 237 g/mol. The van der Waals surface area contributed by atoms with Crippen LogP contribution in [0, 0.1) is 5.82 Å². The average molecular weight is 255 g/mol. The van der Waals surface area contributed by atoms with Gasteiger partial charge in [-0.15, -0.1) is 0 Å². The van der Waals surface area contributed by atoms with Crippen molar-refractivity contribution >= 4 is 5.91 Å². The molecule has 18 heavy (non-hydrogen) atoms. The SMILES string of the molecule is COc1ccc(F)cc1C(O)CCC(=O)N(C)C. The van der Waals surface area contributed by atoms with E-state index in [-0.39, 0.29) is 18.7 Å². The molecule has 0 fully saturated rings. The van der Waals surface area contributed by atoms with Crippen LogP contribution in [-0.4, -0.2) is 37.1 Å². The summed E-state index contributed by atoms with van der Waals surface area (Å²) in [4.78, 5) is 12.9. The van der Waals surface area contributed by atoms with Crippen molar-refractivity contribution in [3.8, 4) is 5.75 Å². The van der Waals surface area contributed by atoms with E-state index < -0.39 is 11.9 Å². The average Bonchev–Trinajstić information content (AvgIpc) is 2.35. The standard InChI is InChI=1S/C13H18FNO3/c1-15(2)13(17)7-5-11(16)10-8-9(14)4-6-12(10)18-3/h4,6,8,11,16H,5,7H2,1-3H3. The second-order valence-corrected chi connectivity index (χ2v) is 4.23. The van der Waals surface area contributed by atoms with Gasteiger partial charge in [0.2, 0.25) is 5.91 Å². The number of amides is 1. The monoisotopic (exact) mass is 255 g/mol. The van der Waals surface area contributed by atoms with E-state index in [1.165, 1.54) is 30.2 Å². The third-order valence-corrected chi connectivity index (χ3v) is 2.68. The van der Waals surface area contributed by atoms with Gasteiger partial charge in [0, 0.05) is 26.1 Å². The van der Waals surface area contributed by atoms with Crippen molar-refractivity contribution in [1.82, 2.24) is 4.90 Å². The number of nitrogens with zero attached hydrogens (tertiary/aromatic N) is 1. The van der Waals surface area contributed by atoms with Crippen LogP contribution in [0.15, 0.2) is 18.2 Å². The minimum atomic E-state index is -0.917. The number of methoxy groups -OCH3 is 1. The normalized spacial score (nSPS) is 12.1. The third kappa shape index (κ3) is 3.70. The van der Waals surface area contributed by atoms with Gasteiger partial charge < -0.3 is 14.7 Å². The molecule has 1 aromatic rings. The van der Waals surface area contributed by atoms with Gasteiger partial charge in [-0.3, -0.25) is 4.79 Å². The first-order chi connectivity index (χ1) is 8.45. The van der Waals surface area contributed by atoms with Gasteiger partial charge in [-0.1, -0.05) is 0 Å². The summed E-state index contributed by atoms with van der Waals surface area (Å²) in [5, 5.41) is 9.97. The summed E-state index contributed by atoms with van der Waals surface area (Å²) in [6.07, 6.45) is -0.482. The van der Waals surface area contributed by atoms with E-state index in [2.05, 4.69) is 0 Å². The van der Waals surface area contributed by atoms with Crippen molar-refractivity contribution in [2.45, 2.75) is 18.9 Å². The Morgan fingerprint density at radius 2 is 2.17 bits per heavy atom. The fourth-order valence-electron chi connectivity index (χ4n) is 1.60. The van der Waals surface area contributed by atoms with Crippen LogP contribution in [0.5, 0.6) is 5.75 Å². The van der Waals surface area contributed by atoms with Crippen molar-refractivity contribution in [2.24, 2.45) is 0 Å². The molecule has 1 rings (SSSR count). The molecule has 0 aromatic heterocycles. The maximum atomic E-state index is 13.1. The number of aliphatic hydroxyl groups is 1. The Labute approximate surface area is 106 Å². The lowest BCUT2D eigenvalue weighted by atomic mass is 10.0. The molecule has 0 saturated heterocycles. The fraction of sp³-hybridized carbons (Fsp3) is 0.462. The summed E-state index contributed by atoms with van der Waals surface area (Å²) in [7, 11) is 4.75. The molecule has 4 nitrogen and oxygen atoms in total. The fourth-order valence-corrected chi connectivity index (χ4v) is 1.60. The van der Waals surface area contributed by atoms with E-state index >= 15 is 0 Å². The van der Waals surface area contributed by atoms with Crippen LogP contribution in [0.3, 0.4) is 0 Å². The second-order valence-electron chi connectivity index (χ2n) is 4.23. The van der Waals surface area contributed by atoms with Gasteiger partial charge in [0.25, 0.3) is 0 Å². The third-order valence-electron chi connectivity index (χ3n) is 2.68. The lowest BCUT2D eigenvalue weighted by molar-refractivity contribution is -0.129. The first kappa shape index (κ1) is 14.4. The molecule has 5 heteroatoms. The molecule has 0 aliphatic carbocycles.